The van der Waals surface area contributed by atoms with Crippen LogP contribution in [0.1, 0.15) is 23.6 Å². The van der Waals surface area contributed by atoms with Crippen LogP contribution in [0.3, 0.4) is 0 Å². The Kier molecular flexibility index (Phi) is 3.63. The van der Waals surface area contributed by atoms with Crippen molar-refractivity contribution in [3.05, 3.63) is 72.3 Å². The van der Waals surface area contributed by atoms with Crippen LogP contribution >= 0.6 is 0 Å². The van der Waals surface area contributed by atoms with Crippen molar-refractivity contribution in [2.45, 2.75) is 26.4 Å². The highest BCUT2D eigenvalue weighted by molar-refractivity contribution is 5.30. The molecule has 3 rings (SSSR count). The summed E-state index contributed by atoms with van der Waals surface area (Å²) >= 11 is 0. The predicted octanol–water partition coefficient (Wildman–Crippen LogP) is 2.74. The van der Waals surface area contributed by atoms with Gasteiger partial charge < -0.3 is 9.13 Å². The van der Waals surface area contributed by atoms with E-state index in [0.717, 1.165) is 19.5 Å². The summed E-state index contributed by atoms with van der Waals surface area (Å²) in [5, 5.41) is 0. The fourth-order valence-corrected chi connectivity index (χ4v) is 2.41. The summed E-state index contributed by atoms with van der Waals surface area (Å²) in [7, 11) is 0. The smallest absolute Gasteiger partial charge is 0.0949 e. The van der Waals surface area contributed by atoms with Crippen LogP contribution in [0.15, 0.2) is 55.6 Å². The highest BCUT2D eigenvalue weighted by Gasteiger charge is 2.02. The van der Waals surface area contributed by atoms with E-state index in [0.29, 0.717) is 0 Å². The number of rotatable bonds is 5. The SMILES string of the molecule is CCc1cc(Cn2ccnc2)cc(Cn2ccnc2)c1. The summed E-state index contributed by atoms with van der Waals surface area (Å²) in [5.41, 5.74) is 4.01. The van der Waals surface area contributed by atoms with Crippen LogP contribution in [0, 0.1) is 0 Å². The Morgan fingerprint density at radius 1 is 0.800 bits per heavy atom. The highest BCUT2D eigenvalue weighted by atomic mass is 15.0. The van der Waals surface area contributed by atoms with Gasteiger partial charge in [-0.2, -0.15) is 0 Å². The van der Waals surface area contributed by atoms with Crippen LogP contribution in [0.5, 0.6) is 0 Å². The molecule has 0 aliphatic heterocycles. The van der Waals surface area contributed by atoms with E-state index in [-0.39, 0.29) is 0 Å². The zero-order chi connectivity index (χ0) is 13.8. The molecule has 0 saturated carbocycles. The summed E-state index contributed by atoms with van der Waals surface area (Å²) < 4.78 is 4.19. The van der Waals surface area contributed by atoms with Crippen molar-refractivity contribution >= 4 is 0 Å². The summed E-state index contributed by atoms with van der Waals surface area (Å²) in [6.45, 7) is 3.92. The minimum atomic E-state index is 0.866. The molecular weight excluding hydrogens is 248 g/mol. The van der Waals surface area contributed by atoms with Crippen LogP contribution in [-0.4, -0.2) is 19.1 Å². The predicted molar refractivity (Wildman–Crippen MR) is 78.5 cm³/mol. The molecule has 0 spiro atoms. The van der Waals surface area contributed by atoms with Gasteiger partial charge in [0, 0.05) is 37.9 Å². The molecule has 102 valence electrons. The first kappa shape index (κ1) is 12.7. The number of benzene rings is 1. The number of hydrogen-bond donors (Lipinski definition) is 0. The van der Waals surface area contributed by atoms with Gasteiger partial charge in [-0.25, -0.2) is 9.97 Å². The first-order valence-corrected chi connectivity index (χ1v) is 6.86. The lowest BCUT2D eigenvalue weighted by Crippen LogP contribution is -2.02. The maximum atomic E-state index is 4.09. The van der Waals surface area contributed by atoms with Gasteiger partial charge >= 0.3 is 0 Å². The summed E-state index contributed by atoms with van der Waals surface area (Å²) in [4.78, 5) is 8.19. The van der Waals surface area contributed by atoms with Gasteiger partial charge in [0.1, 0.15) is 0 Å². The van der Waals surface area contributed by atoms with Crippen molar-refractivity contribution in [2.75, 3.05) is 0 Å². The minimum absolute atomic E-state index is 0.866. The Labute approximate surface area is 118 Å². The maximum absolute atomic E-state index is 4.09. The molecule has 0 fully saturated rings. The van der Waals surface area contributed by atoms with E-state index >= 15 is 0 Å². The fraction of sp³-hybridized carbons (Fsp3) is 0.250. The largest absolute Gasteiger partial charge is 0.333 e. The molecule has 2 aromatic heterocycles. The summed E-state index contributed by atoms with van der Waals surface area (Å²) in [6, 6.07) is 6.81. The van der Waals surface area contributed by atoms with Crippen molar-refractivity contribution < 1.29 is 0 Å². The van der Waals surface area contributed by atoms with E-state index in [4.69, 9.17) is 0 Å². The van der Waals surface area contributed by atoms with Gasteiger partial charge in [0.05, 0.1) is 12.7 Å². The number of aryl methyl sites for hydroxylation is 1. The van der Waals surface area contributed by atoms with Crippen LogP contribution in [0.25, 0.3) is 0 Å². The Hall–Kier alpha value is -2.36. The third-order valence-corrected chi connectivity index (χ3v) is 3.37. The monoisotopic (exact) mass is 266 g/mol. The molecule has 0 atom stereocenters. The van der Waals surface area contributed by atoms with E-state index in [1.807, 2.05) is 37.4 Å². The van der Waals surface area contributed by atoms with E-state index in [1.54, 1.807) is 0 Å². The minimum Gasteiger partial charge on any atom is -0.333 e. The fourth-order valence-electron chi connectivity index (χ4n) is 2.41. The molecule has 0 unspecified atom stereocenters. The quantitative estimate of drug-likeness (QED) is 0.712. The summed E-state index contributed by atoms with van der Waals surface area (Å²) in [6.07, 6.45) is 12.4. The summed E-state index contributed by atoms with van der Waals surface area (Å²) in [5.74, 6) is 0. The molecule has 3 aromatic rings. The van der Waals surface area contributed by atoms with E-state index in [1.165, 1.54) is 16.7 Å². The van der Waals surface area contributed by atoms with Crippen LogP contribution in [0.2, 0.25) is 0 Å². The molecule has 0 saturated heterocycles. The van der Waals surface area contributed by atoms with Crippen LogP contribution in [0.4, 0.5) is 0 Å². The zero-order valence-corrected chi connectivity index (χ0v) is 11.6. The Balaban J connectivity index is 1.86. The second kappa shape index (κ2) is 5.74. The van der Waals surface area contributed by atoms with Gasteiger partial charge in [0.15, 0.2) is 0 Å². The molecular formula is C16H18N4. The lowest BCUT2D eigenvalue weighted by atomic mass is 10.0. The van der Waals surface area contributed by atoms with Crippen molar-refractivity contribution in [1.29, 1.82) is 0 Å². The van der Waals surface area contributed by atoms with Crippen molar-refractivity contribution in [1.82, 2.24) is 19.1 Å². The van der Waals surface area contributed by atoms with Gasteiger partial charge in [0.25, 0.3) is 0 Å². The molecule has 2 heterocycles. The second-order valence-corrected chi connectivity index (χ2v) is 4.98. The van der Waals surface area contributed by atoms with Crippen molar-refractivity contribution in [3.63, 3.8) is 0 Å². The molecule has 20 heavy (non-hydrogen) atoms. The number of nitrogens with zero attached hydrogens (tertiary/aromatic N) is 4. The van der Waals surface area contributed by atoms with Crippen LogP contribution < -0.4 is 0 Å². The molecule has 0 bridgehead atoms. The maximum Gasteiger partial charge on any atom is 0.0949 e. The van der Waals surface area contributed by atoms with E-state index in [2.05, 4.69) is 44.2 Å². The molecule has 0 radical (unpaired) electrons. The number of aromatic nitrogens is 4. The van der Waals surface area contributed by atoms with Gasteiger partial charge in [-0.05, 0) is 23.1 Å². The van der Waals surface area contributed by atoms with Crippen molar-refractivity contribution in [3.8, 4) is 0 Å². The molecule has 1 aromatic carbocycles. The zero-order valence-electron chi connectivity index (χ0n) is 11.6. The first-order valence-electron chi connectivity index (χ1n) is 6.86. The van der Waals surface area contributed by atoms with Gasteiger partial charge in [-0.15, -0.1) is 0 Å². The third-order valence-electron chi connectivity index (χ3n) is 3.37. The first-order chi connectivity index (χ1) is 9.83. The lowest BCUT2D eigenvalue weighted by Gasteiger charge is -2.10. The van der Waals surface area contributed by atoms with E-state index < -0.39 is 0 Å². The molecule has 4 heteroatoms. The molecule has 0 N–H and O–H groups in total. The molecule has 4 nitrogen and oxygen atoms in total. The highest BCUT2D eigenvalue weighted by Crippen LogP contribution is 2.14. The Morgan fingerprint density at radius 3 is 1.70 bits per heavy atom. The van der Waals surface area contributed by atoms with Gasteiger partial charge in [0.2, 0.25) is 0 Å². The van der Waals surface area contributed by atoms with E-state index in [9.17, 15) is 0 Å². The average molecular weight is 266 g/mol. The topological polar surface area (TPSA) is 35.6 Å². The van der Waals surface area contributed by atoms with Gasteiger partial charge in [-0.3, -0.25) is 0 Å². The van der Waals surface area contributed by atoms with Crippen LogP contribution in [-0.2, 0) is 19.5 Å². The normalized spacial score (nSPS) is 10.8. The average Bonchev–Trinajstić information content (AvgIpc) is 3.12. The Bertz CT molecular complexity index is 599. The number of imidazole rings is 2. The Morgan fingerprint density at radius 2 is 1.30 bits per heavy atom. The lowest BCUT2D eigenvalue weighted by molar-refractivity contribution is 0.775. The number of hydrogen-bond acceptors (Lipinski definition) is 2. The van der Waals surface area contributed by atoms with Gasteiger partial charge in [-0.1, -0.05) is 25.1 Å². The third kappa shape index (κ3) is 2.96. The molecule has 0 amide bonds. The second-order valence-electron chi connectivity index (χ2n) is 4.98. The molecule has 0 aliphatic carbocycles. The van der Waals surface area contributed by atoms with Crippen molar-refractivity contribution in [2.24, 2.45) is 0 Å². The standard InChI is InChI=1S/C16H18N4/c1-2-14-7-15(10-19-5-3-17-12-19)9-16(8-14)11-20-6-4-18-13-20/h3-9,12-13H,2,10-11H2,1H3. The molecule has 0 aliphatic rings.